The van der Waals surface area contributed by atoms with Gasteiger partial charge < -0.3 is 19.7 Å². The van der Waals surface area contributed by atoms with Gasteiger partial charge in [-0.1, -0.05) is 42.5 Å². The Hall–Kier alpha value is -4.58. The summed E-state index contributed by atoms with van der Waals surface area (Å²) in [6, 6.07) is 25.4. The van der Waals surface area contributed by atoms with Crippen molar-refractivity contribution >= 4 is 33.8 Å². The van der Waals surface area contributed by atoms with Gasteiger partial charge in [0.25, 0.3) is 0 Å². The number of aromatic nitrogens is 2. The second-order valence-corrected chi connectivity index (χ2v) is 7.86. The number of nitrogens with one attached hydrogen (secondary N) is 1. The van der Waals surface area contributed by atoms with E-state index in [0.717, 1.165) is 38.8 Å². The second kappa shape index (κ2) is 9.11. The van der Waals surface area contributed by atoms with E-state index in [4.69, 9.17) is 4.74 Å². The van der Waals surface area contributed by atoms with Crippen molar-refractivity contribution < 1.29 is 14.6 Å². The first-order valence-corrected chi connectivity index (χ1v) is 10.9. The van der Waals surface area contributed by atoms with E-state index in [9.17, 15) is 9.90 Å². The Bertz CT molecular complexity index is 1520. The van der Waals surface area contributed by atoms with E-state index in [1.54, 1.807) is 18.2 Å². The molecule has 0 saturated carbocycles. The van der Waals surface area contributed by atoms with Crippen molar-refractivity contribution in [1.82, 2.24) is 14.9 Å². The molecule has 6 heteroatoms. The Morgan fingerprint density at radius 1 is 1.00 bits per heavy atom. The van der Waals surface area contributed by atoms with Crippen molar-refractivity contribution in [1.29, 1.82) is 0 Å². The molecule has 168 valence electrons. The number of hydrogen-bond acceptors (Lipinski definition) is 4. The van der Waals surface area contributed by atoms with Crippen LogP contribution in [0.3, 0.4) is 0 Å². The van der Waals surface area contributed by atoms with Crippen molar-refractivity contribution in [2.24, 2.45) is 0 Å². The minimum atomic E-state index is -0.236. The standard InChI is InChI=1S/C28H23N3O3/c1-34-27-15-19(11-13-26(27)32)12-14-28(33)30-17-20-16-23-22-9-5-6-10-24(22)31(25(23)18-29-20)21-7-3-2-4-8-21/h2-16,18,32H,17H2,1H3,(H,30,33)/b14-12+. The quantitative estimate of drug-likeness (QED) is 0.349. The molecule has 0 radical (unpaired) electrons. The molecule has 2 N–H and O–H groups in total. The molecule has 0 aliphatic carbocycles. The predicted octanol–water partition coefficient (Wildman–Crippen LogP) is 5.22. The van der Waals surface area contributed by atoms with Crippen LogP contribution in [0.25, 0.3) is 33.6 Å². The molecule has 2 heterocycles. The van der Waals surface area contributed by atoms with Gasteiger partial charge in [-0.15, -0.1) is 0 Å². The number of phenolic OH excluding ortho intramolecular Hbond substituents is 1. The molecular weight excluding hydrogens is 426 g/mol. The lowest BCUT2D eigenvalue weighted by Crippen LogP contribution is -2.20. The summed E-state index contributed by atoms with van der Waals surface area (Å²) in [4.78, 5) is 17.0. The molecule has 5 rings (SSSR count). The normalized spacial score (nSPS) is 11.3. The van der Waals surface area contributed by atoms with Crippen molar-refractivity contribution in [3.05, 3.63) is 102 Å². The molecule has 0 aliphatic heterocycles. The summed E-state index contributed by atoms with van der Waals surface area (Å²) < 4.78 is 7.30. The number of methoxy groups -OCH3 is 1. The number of ether oxygens (including phenoxy) is 1. The number of benzene rings is 3. The number of carbonyl (C=O) groups excluding carboxylic acids is 1. The van der Waals surface area contributed by atoms with Crippen molar-refractivity contribution in [3.8, 4) is 17.2 Å². The Kier molecular flexibility index (Phi) is 5.70. The van der Waals surface area contributed by atoms with Crippen LogP contribution >= 0.6 is 0 Å². The van der Waals surface area contributed by atoms with Crippen molar-refractivity contribution in [2.75, 3.05) is 7.11 Å². The maximum absolute atomic E-state index is 12.4. The zero-order chi connectivity index (χ0) is 23.5. The number of rotatable bonds is 6. The number of amides is 1. The molecule has 3 aromatic carbocycles. The first-order chi connectivity index (χ1) is 16.6. The summed E-state index contributed by atoms with van der Waals surface area (Å²) in [5, 5.41) is 14.8. The first kappa shape index (κ1) is 21.3. The van der Waals surface area contributed by atoms with E-state index in [1.165, 1.54) is 19.3 Å². The van der Waals surface area contributed by atoms with Gasteiger partial charge >= 0.3 is 0 Å². The minimum absolute atomic E-state index is 0.0548. The third-order valence-electron chi connectivity index (χ3n) is 5.70. The van der Waals surface area contributed by atoms with Crippen LogP contribution in [-0.4, -0.2) is 27.7 Å². The lowest BCUT2D eigenvalue weighted by molar-refractivity contribution is -0.116. The SMILES string of the molecule is COc1cc(/C=C/C(=O)NCc2cc3c4ccccc4n(-c4ccccc4)c3cn2)ccc1O. The van der Waals surface area contributed by atoms with Gasteiger partial charge in [-0.2, -0.15) is 0 Å². The minimum Gasteiger partial charge on any atom is -0.504 e. The molecule has 0 unspecified atom stereocenters. The molecule has 5 aromatic rings. The smallest absolute Gasteiger partial charge is 0.244 e. The Balaban J connectivity index is 1.38. The summed E-state index contributed by atoms with van der Waals surface area (Å²) in [6.07, 6.45) is 4.98. The number of fused-ring (bicyclic) bond motifs is 3. The van der Waals surface area contributed by atoms with Gasteiger partial charge in [0.15, 0.2) is 11.5 Å². The molecule has 2 aromatic heterocycles. The summed E-state index contributed by atoms with van der Waals surface area (Å²) >= 11 is 0. The first-order valence-electron chi connectivity index (χ1n) is 10.9. The van der Waals surface area contributed by atoms with E-state index < -0.39 is 0 Å². The maximum atomic E-state index is 12.4. The lowest BCUT2D eigenvalue weighted by Gasteiger charge is -2.07. The molecule has 1 amide bonds. The number of hydrogen-bond donors (Lipinski definition) is 2. The molecule has 34 heavy (non-hydrogen) atoms. The van der Waals surface area contributed by atoms with Gasteiger partial charge in [0.1, 0.15) is 0 Å². The van der Waals surface area contributed by atoms with E-state index in [1.807, 2.05) is 42.6 Å². The highest BCUT2D eigenvalue weighted by molar-refractivity contribution is 6.09. The molecule has 0 aliphatic rings. The largest absolute Gasteiger partial charge is 0.504 e. The van der Waals surface area contributed by atoms with E-state index in [-0.39, 0.29) is 11.7 Å². The molecule has 6 nitrogen and oxygen atoms in total. The monoisotopic (exact) mass is 449 g/mol. The number of pyridine rings is 1. The molecule has 0 bridgehead atoms. The Morgan fingerprint density at radius 3 is 2.62 bits per heavy atom. The van der Waals surface area contributed by atoms with E-state index >= 15 is 0 Å². The molecule has 0 spiro atoms. The number of phenols is 1. The van der Waals surface area contributed by atoms with Gasteiger partial charge in [-0.3, -0.25) is 9.78 Å². The van der Waals surface area contributed by atoms with Gasteiger partial charge in [-0.05, 0) is 48.0 Å². The Labute approximate surface area is 196 Å². The Morgan fingerprint density at radius 2 is 1.79 bits per heavy atom. The maximum Gasteiger partial charge on any atom is 0.244 e. The zero-order valence-electron chi connectivity index (χ0n) is 18.6. The third kappa shape index (κ3) is 4.09. The second-order valence-electron chi connectivity index (χ2n) is 7.86. The number of para-hydroxylation sites is 2. The number of aromatic hydroxyl groups is 1. The molecule has 0 fully saturated rings. The zero-order valence-corrected chi connectivity index (χ0v) is 18.6. The third-order valence-corrected chi connectivity index (χ3v) is 5.70. The highest BCUT2D eigenvalue weighted by Crippen LogP contribution is 2.31. The van der Waals surface area contributed by atoms with Gasteiger partial charge in [0.2, 0.25) is 5.91 Å². The summed E-state index contributed by atoms with van der Waals surface area (Å²) in [5.41, 5.74) is 4.73. The highest BCUT2D eigenvalue weighted by atomic mass is 16.5. The molecule has 0 atom stereocenters. The van der Waals surface area contributed by atoms with Gasteiger partial charge in [0, 0.05) is 22.5 Å². The van der Waals surface area contributed by atoms with Gasteiger partial charge in [0.05, 0.1) is 36.6 Å². The van der Waals surface area contributed by atoms with Gasteiger partial charge in [-0.25, -0.2) is 0 Å². The van der Waals surface area contributed by atoms with Crippen molar-refractivity contribution in [2.45, 2.75) is 6.54 Å². The summed E-state index contributed by atoms with van der Waals surface area (Å²) in [6.45, 7) is 0.308. The number of nitrogens with zero attached hydrogens (tertiary/aromatic N) is 2. The summed E-state index contributed by atoms with van der Waals surface area (Å²) in [7, 11) is 1.48. The van der Waals surface area contributed by atoms with Crippen LogP contribution in [0.15, 0.2) is 91.1 Å². The molecule has 0 saturated heterocycles. The van der Waals surface area contributed by atoms with E-state index in [0.29, 0.717) is 12.3 Å². The van der Waals surface area contributed by atoms with Crippen molar-refractivity contribution in [3.63, 3.8) is 0 Å². The van der Waals surface area contributed by atoms with E-state index in [2.05, 4.69) is 39.1 Å². The average molecular weight is 450 g/mol. The van der Waals surface area contributed by atoms with Crippen LogP contribution in [0, 0.1) is 0 Å². The summed E-state index contributed by atoms with van der Waals surface area (Å²) in [5.74, 6) is 0.176. The lowest BCUT2D eigenvalue weighted by atomic mass is 10.1. The fourth-order valence-electron chi connectivity index (χ4n) is 4.07. The average Bonchev–Trinajstić information content (AvgIpc) is 3.21. The van der Waals surface area contributed by atoms with Crippen LogP contribution in [0.2, 0.25) is 0 Å². The van der Waals surface area contributed by atoms with Crippen LogP contribution < -0.4 is 10.1 Å². The van der Waals surface area contributed by atoms with Crippen LogP contribution in [0.4, 0.5) is 0 Å². The topological polar surface area (TPSA) is 76.4 Å². The van der Waals surface area contributed by atoms with Crippen LogP contribution in [0.1, 0.15) is 11.3 Å². The number of carbonyl (C=O) groups is 1. The fourth-order valence-corrected chi connectivity index (χ4v) is 4.07. The van der Waals surface area contributed by atoms with Crippen LogP contribution in [0.5, 0.6) is 11.5 Å². The van der Waals surface area contributed by atoms with Crippen LogP contribution in [-0.2, 0) is 11.3 Å². The predicted molar refractivity (Wildman–Crippen MR) is 134 cm³/mol. The fraction of sp³-hybridized carbons (Fsp3) is 0.0714. The highest BCUT2D eigenvalue weighted by Gasteiger charge is 2.13. The molecular formula is C28H23N3O3.